The molecule has 0 atom stereocenters. The van der Waals surface area contributed by atoms with Crippen molar-refractivity contribution in [3.8, 4) is 5.69 Å². The fourth-order valence-electron chi connectivity index (χ4n) is 2.26. The highest BCUT2D eigenvalue weighted by Gasteiger charge is 2.26. The molecule has 1 aliphatic rings. The maximum atomic E-state index is 14.0. The summed E-state index contributed by atoms with van der Waals surface area (Å²) in [6.45, 7) is 3.36. The minimum Gasteiger partial charge on any atom is -0.313 e. The van der Waals surface area contributed by atoms with E-state index in [1.165, 1.54) is 18.9 Å². The number of rotatable bonds is 5. The molecule has 0 bridgehead atoms. The topological polar surface area (TPSA) is 29.9 Å². The van der Waals surface area contributed by atoms with Crippen molar-refractivity contribution < 1.29 is 4.39 Å². The lowest BCUT2D eigenvalue weighted by Gasteiger charge is -2.11. The zero-order chi connectivity index (χ0) is 13.2. The first-order valence-electron chi connectivity index (χ1n) is 6.83. The summed E-state index contributed by atoms with van der Waals surface area (Å²) in [4.78, 5) is 0. The van der Waals surface area contributed by atoms with Crippen molar-refractivity contribution in [2.45, 2.75) is 32.2 Å². The fraction of sp³-hybridized carbons (Fsp3) is 0.400. The molecule has 2 aromatic rings. The molecule has 0 unspecified atom stereocenters. The van der Waals surface area contributed by atoms with Gasteiger partial charge in [-0.05, 0) is 37.6 Å². The molecule has 19 heavy (non-hydrogen) atoms. The Bertz CT molecular complexity index is 573. The molecule has 0 saturated heterocycles. The van der Waals surface area contributed by atoms with Crippen molar-refractivity contribution >= 4 is 0 Å². The standard InChI is InChI=1S/C15H18FN3/c1-2-17-10-12-13(16)4-3-5-15(12)19-9-8-14(18-19)11-6-7-11/h3-5,8-9,11,17H,2,6-7,10H2,1H3. The lowest BCUT2D eigenvalue weighted by atomic mass is 10.1. The van der Waals surface area contributed by atoms with Gasteiger partial charge in [-0.1, -0.05) is 13.0 Å². The maximum absolute atomic E-state index is 14.0. The lowest BCUT2D eigenvalue weighted by Crippen LogP contribution is -2.15. The van der Waals surface area contributed by atoms with Gasteiger partial charge in [-0.2, -0.15) is 5.10 Å². The second-order valence-corrected chi connectivity index (χ2v) is 4.98. The highest BCUT2D eigenvalue weighted by atomic mass is 19.1. The monoisotopic (exact) mass is 259 g/mol. The predicted octanol–water partition coefficient (Wildman–Crippen LogP) is 3.00. The van der Waals surface area contributed by atoms with E-state index in [1.807, 2.05) is 25.3 Å². The Labute approximate surface area is 112 Å². The zero-order valence-electron chi connectivity index (χ0n) is 11.1. The smallest absolute Gasteiger partial charge is 0.129 e. The molecule has 1 saturated carbocycles. The minimum atomic E-state index is -0.179. The molecule has 0 spiro atoms. The first-order chi connectivity index (χ1) is 9.29. The third kappa shape index (κ3) is 2.54. The van der Waals surface area contributed by atoms with Crippen LogP contribution in [0.15, 0.2) is 30.5 Å². The van der Waals surface area contributed by atoms with Crippen LogP contribution in [0.5, 0.6) is 0 Å². The van der Waals surface area contributed by atoms with Gasteiger partial charge >= 0.3 is 0 Å². The Balaban J connectivity index is 1.95. The van der Waals surface area contributed by atoms with Gasteiger partial charge < -0.3 is 5.32 Å². The van der Waals surface area contributed by atoms with E-state index in [9.17, 15) is 4.39 Å². The first-order valence-corrected chi connectivity index (χ1v) is 6.83. The summed E-state index contributed by atoms with van der Waals surface area (Å²) in [6.07, 6.45) is 4.38. The zero-order valence-corrected chi connectivity index (χ0v) is 11.1. The molecule has 3 rings (SSSR count). The van der Waals surface area contributed by atoms with E-state index in [4.69, 9.17) is 0 Å². The van der Waals surface area contributed by atoms with Gasteiger partial charge in [0.2, 0.25) is 0 Å². The maximum Gasteiger partial charge on any atom is 0.129 e. The van der Waals surface area contributed by atoms with Crippen LogP contribution in [0.3, 0.4) is 0 Å². The number of halogens is 1. The molecular formula is C15H18FN3. The SMILES string of the molecule is CCNCc1c(F)cccc1-n1ccc(C2CC2)n1. The largest absolute Gasteiger partial charge is 0.313 e. The van der Waals surface area contributed by atoms with Gasteiger partial charge in [-0.15, -0.1) is 0 Å². The Morgan fingerprint density at radius 3 is 2.95 bits per heavy atom. The summed E-state index contributed by atoms with van der Waals surface area (Å²) in [6, 6.07) is 7.19. The number of benzene rings is 1. The van der Waals surface area contributed by atoms with Crippen molar-refractivity contribution in [3.63, 3.8) is 0 Å². The van der Waals surface area contributed by atoms with E-state index in [1.54, 1.807) is 10.7 Å². The summed E-state index contributed by atoms with van der Waals surface area (Å²) < 4.78 is 15.8. The van der Waals surface area contributed by atoms with Crippen LogP contribution in [0, 0.1) is 5.82 Å². The van der Waals surface area contributed by atoms with Gasteiger partial charge in [0.15, 0.2) is 0 Å². The van der Waals surface area contributed by atoms with E-state index >= 15 is 0 Å². The predicted molar refractivity (Wildman–Crippen MR) is 72.9 cm³/mol. The van der Waals surface area contributed by atoms with Crippen LogP contribution >= 0.6 is 0 Å². The average molecular weight is 259 g/mol. The summed E-state index contributed by atoms with van der Waals surface area (Å²) in [5.41, 5.74) is 2.63. The van der Waals surface area contributed by atoms with Crippen molar-refractivity contribution in [2.75, 3.05) is 6.54 Å². The van der Waals surface area contributed by atoms with E-state index in [2.05, 4.69) is 10.4 Å². The molecule has 1 heterocycles. The molecule has 1 aromatic carbocycles. The minimum absolute atomic E-state index is 0.179. The van der Waals surface area contributed by atoms with Gasteiger partial charge in [-0.25, -0.2) is 9.07 Å². The van der Waals surface area contributed by atoms with Crippen LogP contribution in [0.25, 0.3) is 5.69 Å². The summed E-state index contributed by atoms with van der Waals surface area (Å²) in [5.74, 6) is 0.439. The van der Waals surface area contributed by atoms with Gasteiger partial charge in [0, 0.05) is 24.2 Å². The van der Waals surface area contributed by atoms with E-state index < -0.39 is 0 Å². The lowest BCUT2D eigenvalue weighted by molar-refractivity contribution is 0.588. The number of nitrogens with zero attached hydrogens (tertiary/aromatic N) is 2. The molecule has 1 aliphatic carbocycles. The highest BCUT2D eigenvalue weighted by molar-refractivity contribution is 5.41. The molecule has 0 radical (unpaired) electrons. The van der Waals surface area contributed by atoms with Crippen LogP contribution in [-0.4, -0.2) is 16.3 Å². The van der Waals surface area contributed by atoms with Crippen LogP contribution in [-0.2, 0) is 6.54 Å². The highest BCUT2D eigenvalue weighted by Crippen LogP contribution is 2.39. The number of aromatic nitrogens is 2. The molecule has 3 nitrogen and oxygen atoms in total. The second-order valence-electron chi connectivity index (χ2n) is 4.98. The Morgan fingerprint density at radius 1 is 1.37 bits per heavy atom. The van der Waals surface area contributed by atoms with Gasteiger partial charge in [-0.3, -0.25) is 0 Å². The van der Waals surface area contributed by atoms with Crippen molar-refractivity contribution in [1.82, 2.24) is 15.1 Å². The van der Waals surface area contributed by atoms with Crippen molar-refractivity contribution in [3.05, 3.63) is 47.5 Å². The van der Waals surface area contributed by atoms with Gasteiger partial charge in [0.1, 0.15) is 5.82 Å². The third-order valence-electron chi connectivity index (χ3n) is 3.50. The molecule has 1 aromatic heterocycles. The number of hydrogen-bond acceptors (Lipinski definition) is 2. The van der Waals surface area contributed by atoms with Crippen LogP contribution in [0.4, 0.5) is 4.39 Å². The molecule has 0 amide bonds. The Morgan fingerprint density at radius 2 is 2.21 bits per heavy atom. The third-order valence-corrected chi connectivity index (χ3v) is 3.50. The van der Waals surface area contributed by atoms with Crippen molar-refractivity contribution in [2.24, 2.45) is 0 Å². The van der Waals surface area contributed by atoms with Crippen molar-refractivity contribution in [1.29, 1.82) is 0 Å². The van der Waals surface area contributed by atoms with E-state index in [0.29, 0.717) is 18.0 Å². The van der Waals surface area contributed by atoms with E-state index in [0.717, 1.165) is 17.9 Å². The number of nitrogens with one attached hydrogen (secondary N) is 1. The van der Waals surface area contributed by atoms with Crippen LogP contribution < -0.4 is 5.32 Å². The number of hydrogen-bond donors (Lipinski definition) is 1. The second kappa shape index (κ2) is 5.13. The average Bonchev–Trinajstić information content (AvgIpc) is 3.15. The van der Waals surface area contributed by atoms with Gasteiger partial charge in [0.25, 0.3) is 0 Å². The summed E-state index contributed by atoms with van der Waals surface area (Å²) in [5, 5.41) is 7.75. The van der Waals surface area contributed by atoms with Crippen LogP contribution in [0.2, 0.25) is 0 Å². The first kappa shape index (κ1) is 12.4. The molecule has 0 aliphatic heterocycles. The molecule has 100 valence electrons. The summed E-state index contributed by atoms with van der Waals surface area (Å²) >= 11 is 0. The Hall–Kier alpha value is -1.68. The quantitative estimate of drug-likeness (QED) is 0.894. The molecule has 4 heteroatoms. The molecular weight excluding hydrogens is 241 g/mol. The Kier molecular flexibility index (Phi) is 3.34. The summed E-state index contributed by atoms with van der Waals surface area (Å²) in [7, 11) is 0. The van der Waals surface area contributed by atoms with Crippen LogP contribution in [0.1, 0.15) is 36.9 Å². The molecule has 1 fully saturated rings. The van der Waals surface area contributed by atoms with Gasteiger partial charge in [0.05, 0.1) is 11.4 Å². The fourth-order valence-corrected chi connectivity index (χ4v) is 2.26. The normalized spacial score (nSPS) is 14.8. The molecule has 1 N–H and O–H groups in total. The van der Waals surface area contributed by atoms with E-state index in [-0.39, 0.29) is 5.82 Å².